The lowest BCUT2D eigenvalue weighted by atomic mass is 10.1. The van der Waals surface area contributed by atoms with Gasteiger partial charge in [0.2, 0.25) is 0 Å². The fraction of sp³-hybridized carbons (Fsp3) is 0.231. The number of anilines is 1. The summed E-state index contributed by atoms with van der Waals surface area (Å²) < 4.78 is 5.57. The van der Waals surface area contributed by atoms with Gasteiger partial charge in [-0.15, -0.1) is 0 Å². The molecule has 0 fully saturated rings. The summed E-state index contributed by atoms with van der Waals surface area (Å²) in [6.45, 7) is 4.24. The lowest BCUT2D eigenvalue weighted by Gasteiger charge is -2.07. The Morgan fingerprint density at radius 3 is 2.94 bits per heavy atom. The number of aromatic nitrogens is 2. The predicted molar refractivity (Wildman–Crippen MR) is 72.2 cm³/mol. The van der Waals surface area contributed by atoms with E-state index in [1.165, 1.54) is 0 Å². The smallest absolute Gasteiger partial charge is 0.128 e. The number of benzene rings is 1. The molecular weight excluding hydrogens is 228 g/mol. The van der Waals surface area contributed by atoms with Gasteiger partial charge in [0.15, 0.2) is 0 Å². The zero-order valence-corrected chi connectivity index (χ0v) is 10.4. The van der Waals surface area contributed by atoms with Crippen molar-refractivity contribution < 1.29 is 4.74 Å². The summed E-state index contributed by atoms with van der Waals surface area (Å²) >= 11 is 0. The van der Waals surface area contributed by atoms with Crippen LogP contribution >= 0.6 is 0 Å². The third-order valence-corrected chi connectivity index (χ3v) is 2.36. The topological polar surface area (TPSA) is 73.8 Å². The van der Waals surface area contributed by atoms with Gasteiger partial charge in [0.05, 0.1) is 18.1 Å². The zero-order chi connectivity index (χ0) is 13.0. The average Bonchev–Trinajstić information content (AvgIpc) is 2.77. The highest BCUT2D eigenvalue weighted by molar-refractivity contribution is 5.90. The Morgan fingerprint density at radius 2 is 2.22 bits per heavy atom. The molecule has 94 valence electrons. The van der Waals surface area contributed by atoms with E-state index in [-0.39, 0.29) is 0 Å². The van der Waals surface area contributed by atoms with E-state index >= 15 is 0 Å². The van der Waals surface area contributed by atoms with Gasteiger partial charge in [-0.2, -0.15) is 5.10 Å². The Kier molecular flexibility index (Phi) is 3.62. The molecule has 5 heteroatoms. The van der Waals surface area contributed by atoms with E-state index in [9.17, 15) is 0 Å². The van der Waals surface area contributed by atoms with Gasteiger partial charge in [0.1, 0.15) is 11.6 Å². The van der Waals surface area contributed by atoms with Crippen LogP contribution in [0, 0.1) is 5.41 Å². The van der Waals surface area contributed by atoms with Gasteiger partial charge in [0, 0.05) is 11.6 Å². The molecule has 1 aromatic heterocycles. The highest BCUT2D eigenvalue weighted by atomic mass is 16.5. The van der Waals surface area contributed by atoms with Crippen LogP contribution in [0.25, 0.3) is 11.3 Å². The van der Waals surface area contributed by atoms with E-state index in [1.807, 2.05) is 37.3 Å². The summed E-state index contributed by atoms with van der Waals surface area (Å²) in [4.78, 5) is 0. The van der Waals surface area contributed by atoms with Gasteiger partial charge >= 0.3 is 0 Å². The molecule has 0 amide bonds. The summed E-state index contributed by atoms with van der Waals surface area (Å²) in [6, 6.07) is 9.62. The SMILES string of the molecule is CCOc1ccccc1-c1cc(NC(C)=N)[nH]n1. The lowest BCUT2D eigenvalue weighted by Crippen LogP contribution is -2.04. The second-order valence-corrected chi connectivity index (χ2v) is 3.85. The first-order valence-corrected chi connectivity index (χ1v) is 5.80. The van der Waals surface area contributed by atoms with Crippen LogP contribution in [0.15, 0.2) is 30.3 Å². The van der Waals surface area contributed by atoms with Crippen LogP contribution < -0.4 is 10.1 Å². The largest absolute Gasteiger partial charge is 0.493 e. The maximum Gasteiger partial charge on any atom is 0.128 e. The van der Waals surface area contributed by atoms with E-state index in [2.05, 4.69) is 15.5 Å². The second-order valence-electron chi connectivity index (χ2n) is 3.85. The van der Waals surface area contributed by atoms with Crippen LogP contribution in [0.1, 0.15) is 13.8 Å². The Hall–Kier alpha value is -2.30. The minimum absolute atomic E-state index is 0.364. The number of rotatable bonds is 4. The molecule has 0 spiro atoms. The molecule has 1 heterocycles. The molecule has 0 aliphatic carbocycles. The number of para-hydroxylation sites is 1. The van der Waals surface area contributed by atoms with Crippen LogP contribution in [0.4, 0.5) is 5.82 Å². The molecule has 18 heavy (non-hydrogen) atoms. The fourth-order valence-electron chi connectivity index (χ4n) is 1.69. The first-order chi connectivity index (χ1) is 8.70. The van der Waals surface area contributed by atoms with Crippen LogP contribution in [0.2, 0.25) is 0 Å². The zero-order valence-electron chi connectivity index (χ0n) is 10.4. The molecule has 0 atom stereocenters. The highest BCUT2D eigenvalue weighted by Crippen LogP contribution is 2.29. The molecule has 0 aliphatic heterocycles. The molecule has 0 saturated heterocycles. The quantitative estimate of drug-likeness (QED) is 0.572. The lowest BCUT2D eigenvalue weighted by molar-refractivity contribution is 0.341. The van der Waals surface area contributed by atoms with Gasteiger partial charge in [-0.25, -0.2) is 0 Å². The normalized spacial score (nSPS) is 10.1. The van der Waals surface area contributed by atoms with Crippen molar-refractivity contribution >= 4 is 11.7 Å². The van der Waals surface area contributed by atoms with Gasteiger partial charge in [0.25, 0.3) is 0 Å². The number of H-pyrrole nitrogens is 1. The van der Waals surface area contributed by atoms with Crippen LogP contribution in [0.5, 0.6) is 5.75 Å². The van der Waals surface area contributed by atoms with Crippen molar-refractivity contribution in [2.45, 2.75) is 13.8 Å². The van der Waals surface area contributed by atoms with Gasteiger partial charge < -0.3 is 10.1 Å². The number of hydrogen-bond donors (Lipinski definition) is 3. The Morgan fingerprint density at radius 1 is 1.44 bits per heavy atom. The molecule has 0 aliphatic rings. The van der Waals surface area contributed by atoms with Crippen molar-refractivity contribution in [1.29, 1.82) is 5.41 Å². The number of nitrogens with one attached hydrogen (secondary N) is 3. The van der Waals surface area contributed by atoms with Gasteiger partial charge in [-0.05, 0) is 26.0 Å². The summed E-state index contributed by atoms with van der Waals surface area (Å²) in [7, 11) is 0. The number of ether oxygens (including phenoxy) is 1. The molecule has 5 nitrogen and oxygen atoms in total. The van der Waals surface area contributed by atoms with Crippen molar-refractivity contribution in [1.82, 2.24) is 10.2 Å². The van der Waals surface area contributed by atoms with Crippen molar-refractivity contribution in [3.05, 3.63) is 30.3 Å². The number of nitrogens with zero attached hydrogens (tertiary/aromatic N) is 1. The third-order valence-electron chi connectivity index (χ3n) is 2.36. The monoisotopic (exact) mass is 244 g/mol. The predicted octanol–water partition coefficient (Wildman–Crippen LogP) is 2.88. The second kappa shape index (κ2) is 5.35. The Balaban J connectivity index is 2.30. The van der Waals surface area contributed by atoms with Crippen LogP contribution in [-0.2, 0) is 0 Å². The standard InChI is InChI=1S/C13H16N4O/c1-3-18-12-7-5-4-6-10(12)11-8-13(17-16-11)15-9(2)14/h4-8H,3H2,1-2H3,(H3,14,15,16,17). The summed E-state index contributed by atoms with van der Waals surface area (Å²) in [5.74, 6) is 1.87. The van der Waals surface area contributed by atoms with E-state index in [0.29, 0.717) is 18.3 Å². The summed E-state index contributed by atoms with van der Waals surface area (Å²) in [6.07, 6.45) is 0. The maximum atomic E-state index is 7.37. The first-order valence-electron chi connectivity index (χ1n) is 5.80. The third kappa shape index (κ3) is 2.68. The fourth-order valence-corrected chi connectivity index (χ4v) is 1.69. The average molecular weight is 244 g/mol. The van der Waals surface area contributed by atoms with E-state index in [0.717, 1.165) is 17.0 Å². The summed E-state index contributed by atoms with van der Waals surface area (Å²) in [5, 5.41) is 17.3. The number of hydrogen-bond acceptors (Lipinski definition) is 3. The van der Waals surface area contributed by atoms with E-state index < -0.39 is 0 Å². The van der Waals surface area contributed by atoms with E-state index in [4.69, 9.17) is 10.1 Å². The van der Waals surface area contributed by atoms with E-state index in [1.54, 1.807) is 6.92 Å². The number of amidine groups is 1. The highest BCUT2D eigenvalue weighted by Gasteiger charge is 2.09. The molecule has 0 radical (unpaired) electrons. The molecule has 0 unspecified atom stereocenters. The molecule has 0 saturated carbocycles. The molecule has 0 bridgehead atoms. The molecule has 2 aromatic rings. The maximum absolute atomic E-state index is 7.37. The minimum atomic E-state index is 0.364. The Labute approximate surface area is 106 Å². The minimum Gasteiger partial charge on any atom is -0.493 e. The molecule has 1 aromatic carbocycles. The van der Waals surface area contributed by atoms with Crippen LogP contribution in [-0.4, -0.2) is 22.6 Å². The Bertz CT molecular complexity index is 547. The van der Waals surface area contributed by atoms with Crippen molar-refractivity contribution in [2.75, 3.05) is 11.9 Å². The summed E-state index contributed by atoms with van der Waals surface area (Å²) in [5.41, 5.74) is 1.73. The molecule has 3 N–H and O–H groups in total. The van der Waals surface area contributed by atoms with Crippen molar-refractivity contribution in [3.63, 3.8) is 0 Å². The molecule has 2 rings (SSSR count). The first kappa shape index (κ1) is 12.2. The van der Waals surface area contributed by atoms with Gasteiger partial charge in [-0.3, -0.25) is 10.5 Å². The van der Waals surface area contributed by atoms with Crippen molar-refractivity contribution in [3.8, 4) is 17.0 Å². The number of aromatic amines is 1. The van der Waals surface area contributed by atoms with Gasteiger partial charge in [-0.1, -0.05) is 12.1 Å². The van der Waals surface area contributed by atoms with Crippen molar-refractivity contribution in [2.24, 2.45) is 0 Å². The van der Waals surface area contributed by atoms with Crippen LogP contribution in [0.3, 0.4) is 0 Å². The molecular formula is C13H16N4O.